The maximum Gasteiger partial charge on any atom is 0.326 e. The number of aliphatic hydroxyl groups is 1. The Morgan fingerprint density at radius 2 is 1.81 bits per heavy atom. The minimum absolute atomic E-state index is 0.0613. The van der Waals surface area contributed by atoms with Crippen LogP contribution in [0.15, 0.2) is 4.99 Å². The average Bonchev–Trinajstić information content (AvgIpc) is 3.26. The van der Waals surface area contributed by atoms with Gasteiger partial charge in [-0.25, -0.2) is 4.79 Å². The molecule has 14 heteroatoms. The summed E-state index contributed by atoms with van der Waals surface area (Å²) in [4.78, 5) is 52.6. The van der Waals surface area contributed by atoms with Gasteiger partial charge in [0.25, 0.3) is 0 Å². The van der Waals surface area contributed by atoms with E-state index in [1.807, 2.05) is 0 Å². The number of amides is 3. The Hall–Kier alpha value is -2.58. The fourth-order valence-corrected chi connectivity index (χ4v) is 3.31. The second-order valence-electron chi connectivity index (χ2n) is 7.47. The number of aliphatic imine (C=N–C) groups is 1. The average molecular weight is 476 g/mol. The molecule has 0 aliphatic carbocycles. The van der Waals surface area contributed by atoms with Crippen LogP contribution in [0.25, 0.3) is 0 Å². The van der Waals surface area contributed by atoms with Gasteiger partial charge < -0.3 is 42.9 Å². The Morgan fingerprint density at radius 3 is 2.31 bits per heavy atom. The molecule has 5 atom stereocenters. The van der Waals surface area contributed by atoms with E-state index in [-0.39, 0.29) is 24.7 Å². The van der Waals surface area contributed by atoms with Gasteiger partial charge in [-0.3, -0.25) is 19.4 Å². The molecule has 0 radical (unpaired) electrons. The second kappa shape index (κ2) is 13.8. The molecule has 10 N–H and O–H groups in total. The van der Waals surface area contributed by atoms with Crippen molar-refractivity contribution in [3.63, 3.8) is 0 Å². The largest absolute Gasteiger partial charge is 0.480 e. The molecular weight excluding hydrogens is 442 g/mol. The van der Waals surface area contributed by atoms with Gasteiger partial charge in [-0.05, 0) is 39.2 Å². The quantitative estimate of drug-likeness (QED) is 0.0561. The number of carboxylic acids is 1. The van der Waals surface area contributed by atoms with Crippen LogP contribution in [0.5, 0.6) is 0 Å². The Labute approximate surface area is 191 Å². The Morgan fingerprint density at radius 1 is 1.16 bits per heavy atom. The molecule has 0 bridgehead atoms. The molecule has 13 nitrogen and oxygen atoms in total. The zero-order valence-corrected chi connectivity index (χ0v) is 18.8. The number of carbonyl (C=O) groups is 4. The molecule has 0 saturated carbocycles. The molecule has 1 aliphatic rings. The van der Waals surface area contributed by atoms with Gasteiger partial charge in [-0.2, -0.15) is 12.6 Å². The van der Waals surface area contributed by atoms with Crippen LogP contribution >= 0.6 is 12.6 Å². The van der Waals surface area contributed by atoms with Gasteiger partial charge in [0.05, 0.1) is 12.1 Å². The van der Waals surface area contributed by atoms with Crippen molar-refractivity contribution >= 4 is 42.3 Å². The summed E-state index contributed by atoms with van der Waals surface area (Å²) >= 11 is 4.04. The van der Waals surface area contributed by atoms with Crippen molar-refractivity contribution in [2.24, 2.45) is 16.5 Å². The Kier molecular flexibility index (Phi) is 11.8. The molecule has 1 heterocycles. The van der Waals surface area contributed by atoms with E-state index in [4.69, 9.17) is 11.5 Å². The van der Waals surface area contributed by atoms with Gasteiger partial charge in [0.1, 0.15) is 18.1 Å². The van der Waals surface area contributed by atoms with E-state index < -0.39 is 54.0 Å². The number of nitrogens with two attached hydrogens (primary N) is 2. The second-order valence-corrected chi connectivity index (χ2v) is 7.83. The summed E-state index contributed by atoms with van der Waals surface area (Å²) < 4.78 is 0. The summed E-state index contributed by atoms with van der Waals surface area (Å²) in [5.74, 6) is -3.51. The van der Waals surface area contributed by atoms with Crippen molar-refractivity contribution in [1.29, 1.82) is 0 Å². The monoisotopic (exact) mass is 475 g/mol. The van der Waals surface area contributed by atoms with Crippen LogP contribution in [0, 0.1) is 0 Å². The van der Waals surface area contributed by atoms with Crippen LogP contribution in [0.4, 0.5) is 0 Å². The highest BCUT2D eigenvalue weighted by Gasteiger charge is 2.33. The Balaban J connectivity index is 2.70. The minimum atomic E-state index is -1.30. The van der Waals surface area contributed by atoms with Crippen molar-refractivity contribution in [1.82, 2.24) is 21.3 Å². The first-order valence-corrected chi connectivity index (χ1v) is 10.9. The van der Waals surface area contributed by atoms with E-state index in [9.17, 15) is 29.4 Å². The van der Waals surface area contributed by atoms with Crippen LogP contribution in [-0.4, -0.2) is 89.0 Å². The maximum absolute atomic E-state index is 12.6. The zero-order valence-electron chi connectivity index (χ0n) is 17.9. The van der Waals surface area contributed by atoms with Gasteiger partial charge >= 0.3 is 5.97 Å². The van der Waals surface area contributed by atoms with E-state index in [2.05, 4.69) is 38.9 Å². The van der Waals surface area contributed by atoms with Gasteiger partial charge in [0.2, 0.25) is 17.7 Å². The predicted octanol–water partition coefficient (Wildman–Crippen LogP) is -3.36. The van der Waals surface area contributed by atoms with Gasteiger partial charge in [0.15, 0.2) is 5.96 Å². The molecule has 1 saturated heterocycles. The number of carboxylic acid groups (broad SMARTS) is 1. The highest BCUT2D eigenvalue weighted by atomic mass is 32.1. The molecule has 5 unspecified atom stereocenters. The third-order valence-corrected chi connectivity index (χ3v) is 5.18. The number of carbonyl (C=O) groups excluding carboxylic acids is 3. The number of thiol groups is 1. The first-order chi connectivity index (χ1) is 15.1. The van der Waals surface area contributed by atoms with Crippen molar-refractivity contribution in [3.8, 4) is 0 Å². The molecule has 0 aromatic heterocycles. The third-order valence-electron chi connectivity index (χ3n) is 4.81. The lowest BCUT2D eigenvalue weighted by molar-refractivity contribution is -0.142. The molecule has 32 heavy (non-hydrogen) atoms. The van der Waals surface area contributed by atoms with Crippen LogP contribution in [0.3, 0.4) is 0 Å². The Bertz CT molecular complexity index is 695. The first-order valence-electron chi connectivity index (χ1n) is 10.3. The van der Waals surface area contributed by atoms with E-state index >= 15 is 0 Å². The predicted molar refractivity (Wildman–Crippen MR) is 120 cm³/mol. The molecule has 0 aromatic carbocycles. The topological polar surface area (TPSA) is 221 Å². The standard InChI is InChI=1S/C18H33N7O6S/c1-9(26)13(25-14(27)10-4-2-6-21-10)16(29)24-12(8-32)15(28)23-11(17(30)31)5-3-7-22-18(19)20/h9-13,21,26,32H,2-8H2,1H3,(H,23,28)(H,24,29)(H,25,27)(H,30,31)(H4,19,20,22). The number of hydrogen-bond donors (Lipinski definition) is 9. The number of aliphatic carboxylic acids is 1. The maximum atomic E-state index is 12.6. The summed E-state index contributed by atoms with van der Waals surface area (Å²) in [6.45, 7) is 2.21. The van der Waals surface area contributed by atoms with E-state index in [0.29, 0.717) is 19.4 Å². The zero-order chi connectivity index (χ0) is 24.3. The summed E-state index contributed by atoms with van der Waals surface area (Å²) in [6, 6.07) is -4.16. The highest BCUT2D eigenvalue weighted by molar-refractivity contribution is 7.80. The normalized spacial score (nSPS) is 19.2. The summed E-state index contributed by atoms with van der Waals surface area (Å²) in [5.41, 5.74) is 10.4. The SMILES string of the molecule is CC(O)C(NC(=O)C1CCCN1)C(=O)NC(CS)C(=O)NC(CCCN=C(N)N)C(=O)O. The fraction of sp³-hybridized carbons (Fsp3) is 0.722. The minimum Gasteiger partial charge on any atom is -0.480 e. The molecule has 1 aliphatic heterocycles. The van der Waals surface area contributed by atoms with Crippen LogP contribution in [0.2, 0.25) is 0 Å². The number of aliphatic hydroxyl groups excluding tert-OH is 1. The summed E-state index contributed by atoms with van der Waals surface area (Å²) in [5, 5.41) is 29.5. The van der Waals surface area contributed by atoms with Crippen molar-refractivity contribution in [3.05, 3.63) is 0 Å². The molecule has 0 spiro atoms. The number of hydrogen-bond acceptors (Lipinski definition) is 8. The van der Waals surface area contributed by atoms with E-state index in [1.165, 1.54) is 6.92 Å². The molecular formula is C18H33N7O6S. The van der Waals surface area contributed by atoms with E-state index in [1.54, 1.807) is 0 Å². The van der Waals surface area contributed by atoms with Crippen molar-refractivity contribution < 1.29 is 29.4 Å². The first kappa shape index (κ1) is 27.5. The lowest BCUT2D eigenvalue weighted by atomic mass is 10.1. The number of nitrogens with one attached hydrogen (secondary N) is 4. The summed E-state index contributed by atoms with van der Waals surface area (Å²) in [7, 11) is 0. The fourth-order valence-electron chi connectivity index (χ4n) is 3.06. The molecule has 1 fully saturated rings. The number of rotatable bonds is 13. The summed E-state index contributed by atoms with van der Waals surface area (Å²) in [6.07, 6.45) is 0.569. The van der Waals surface area contributed by atoms with Crippen LogP contribution in [-0.2, 0) is 19.2 Å². The highest BCUT2D eigenvalue weighted by Crippen LogP contribution is 2.06. The molecule has 3 amide bonds. The number of guanidine groups is 1. The number of nitrogens with zero attached hydrogens (tertiary/aromatic N) is 1. The third kappa shape index (κ3) is 9.28. The van der Waals surface area contributed by atoms with Gasteiger partial charge in [-0.15, -0.1) is 0 Å². The van der Waals surface area contributed by atoms with Crippen LogP contribution in [0.1, 0.15) is 32.6 Å². The van der Waals surface area contributed by atoms with Gasteiger partial charge in [0, 0.05) is 12.3 Å². The molecule has 0 aromatic rings. The lowest BCUT2D eigenvalue weighted by Gasteiger charge is -2.25. The van der Waals surface area contributed by atoms with Crippen molar-refractivity contribution in [2.45, 2.75) is 62.9 Å². The van der Waals surface area contributed by atoms with Crippen molar-refractivity contribution in [2.75, 3.05) is 18.8 Å². The van der Waals surface area contributed by atoms with E-state index in [0.717, 1.165) is 6.42 Å². The lowest BCUT2D eigenvalue weighted by Crippen LogP contribution is -2.60. The molecule has 182 valence electrons. The smallest absolute Gasteiger partial charge is 0.326 e. The molecule has 1 rings (SSSR count). The van der Waals surface area contributed by atoms with Gasteiger partial charge in [-0.1, -0.05) is 0 Å². The van der Waals surface area contributed by atoms with Crippen LogP contribution < -0.4 is 32.7 Å².